The van der Waals surface area contributed by atoms with Gasteiger partial charge in [-0.2, -0.15) is 0 Å². The molecule has 0 bridgehead atoms. The van der Waals surface area contributed by atoms with Gasteiger partial charge in [-0.25, -0.2) is 4.79 Å². The van der Waals surface area contributed by atoms with Gasteiger partial charge in [-0.3, -0.25) is 4.90 Å². The highest BCUT2D eigenvalue weighted by molar-refractivity contribution is 5.73. The molecule has 1 unspecified atom stereocenters. The first-order valence-corrected chi connectivity index (χ1v) is 8.21. The number of amides is 2. The van der Waals surface area contributed by atoms with Crippen molar-refractivity contribution in [1.82, 2.24) is 15.1 Å². The average Bonchev–Trinajstić information content (AvgIpc) is 3.00. The summed E-state index contributed by atoms with van der Waals surface area (Å²) in [4.78, 5) is 15.7. The first-order valence-electron chi connectivity index (χ1n) is 8.21. The van der Waals surface area contributed by atoms with E-state index in [4.69, 9.17) is 4.42 Å². The van der Waals surface area contributed by atoms with E-state index in [9.17, 15) is 4.79 Å². The zero-order chi connectivity index (χ0) is 15.7. The quantitative estimate of drug-likeness (QED) is 0.929. The summed E-state index contributed by atoms with van der Waals surface area (Å²) in [7, 11) is 3.57. The number of aryl methyl sites for hydroxylation is 1. The lowest BCUT2D eigenvalue weighted by Gasteiger charge is -2.32. The summed E-state index contributed by atoms with van der Waals surface area (Å²) in [5.41, 5.74) is 0.495. The van der Waals surface area contributed by atoms with Gasteiger partial charge in [-0.05, 0) is 62.7 Å². The van der Waals surface area contributed by atoms with E-state index >= 15 is 0 Å². The smallest absolute Gasteiger partial charge is 0.316 e. The molecule has 122 valence electrons. The summed E-state index contributed by atoms with van der Waals surface area (Å²) in [6, 6.07) is 4.13. The highest BCUT2D eigenvalue weighted by Crippen LogP contribution is 2.59. The fraction of sp³-hybridized carbons (Fsp3) is 0.706. The summed E-state index contributed by atoms with van der Waals surface area (Å²) in [5, 5.41) is 3.03. The summed E-state index contributed by atoms with van der Waals surface area (Å²) in [6.07, 6.45) is 3.76. The van der Waals surface area contributed by atoms with Gasteiger partial charge >= 0.3 is 6.03 Å². The number of carbonyl (C=O) groups is 1. The maximum absolute atomic E-state index is 11.6. The van der Waals surface area contributed by atoms with Gasteiger partial charge in [-0.1, -0.05) is 0 Å². The summed E-state index contributed by atoms with van der Waals surface area (Å²) in [5.74, 6) is 2.73. The van der Waals surface area contributed by atoms with E-state index in [1.165, 1.54) is 19.3 Å². The molecule has 1 aliphatic carbocycles. The van der Waals surface area contributed by atoms with Crippen LogP contribution in [0.1, 0.15) is 30.8 Å². The number of hydrogen-bond donors (Lipinski definition) is 1. The minimum absolute atomic E-state index is 0.0210. The average molecular weight is 305 g/mol. The van der Waals surface area contributed by atoms with Crippen LogP contribution in [0.5, 0.6) is 0 Å². The molecule has 1 aromatic rings. The molecule has 0 radical (unpaired) electrons. The molecule has 2 amide bonds. The molecule has 22 heavy (non-hydrogen) atoms. The van der Waals surface area contributed by atoms with E-state index in [1.54, 1.807) is 19.0 Å². The van der Waals surface area contributed by atoms with Crippen LogP contribution in [0.25, 0.3) is 0 Å². The van der Waals surface area contributed by atoms with Crippen LogP contribution in [0, 0.1) is 18.3 Å². The number of likely N-dealkylation sites (tertiary alicyclic amines) is 1. The molecule has 3 rings (SSSR count). The van der Waals surface area contributed by atoms with E-state index in [2.05, 4.69) is 16.3 Å². The van der Waals surface area contributed by atoms with Crippen molar-refractivity contribution in [1.29, 1.82) is 0 Å². The maximum atomic E-state index is 11.6. The number of hydrogen-bond acceptors (Lipinski definition) is 3. The van der Waals surface area contributed by atoms with Crippen molar-refractivity contribution >= 4 is 6.03 Å². The highest BCUT2D eigenvalue weighted by atomic mass is 16.3. The number of nitrogens with one attached hydrogen (secondary N) is 1. The Bertz CT molecular complexity index is 530. The van der Waals surface area contributed by atoms with Crippen molar-refractivity contribution in [2.75, 3.05) is 33.7 Å². The molecule has 1 atom stereocenters. The van der Waals surface area contributed by atoms with Crippen LogP contribution >= 0.6 is 0 Å². The summed E-state index contributed by atoms with van der Waals surface area (Å²) in [6.45, 7) is 6.02. The summed E-state index contributed by atoms with van der Waals surface area (Å²) < 4.78 is 5.67. The van der Waals surface area contributed by atoms with Gasteiger partial charge in [0.2, 0.25) is 0 Å². The van der Waals surface area contributed by atoms with Crippen LogP contribution in [0.2, 0.25) is 0 Å². The number of nitrogens with zero attached hydrogens (tertiary/aromatic N) is 2. The van der Waals surface area contributed by atoms with Crippen LogP contribution < -0.4 is 5.32 Å². The van der Waals surface area contributed by atoms with Crippen molar-refractivity contribution < 1.29 is 9.21 Å². The van der Waals surface area contributed by atoms with Gasteiger partial charge in [0.05, 0.1) is 6.54 Å². The standard InChI is InChI=1S/C17H27N3O2/c1-13-4-5-15(22-13)12-20-8-6-17(7-9-20)10-14(17)11-18-16(21)19(2)3/h4-5,14H,6-12H2,1-3H3,(H,18,21). The molecule has 1 aliphatic heterocycles. The largest absolute Gasteiger partial charge is 0.465 e. The Morgan fingerprint density at radius 2 is 2.14 bits per heavy atom. The fourth-order valence-electron chi connectivity index (χ4n) is 3.65. The Hall–Kier alpha value is -1.49. The predicted molar refractivity (Wildman–Crippen MR) is 85.6 cm³/mol. The Kier molecular flexibility index (Phi) is 4.17. The lowest BCUT2D eigenvalue weighted by atomic mass is 9.90. The SMILES string of the molecule is Cc1ccc(CN2CCC3(CC2)CC3CNC(=O)N(C)C)o1. The second-order valence-corrected chi connectivity index (χ2v) is 7.13. The van der Waals surface area contributed by atoms with Crippen LogP contribution in [0.15, 0.2) is 16.5 Å². The van der Waals surface area contributed by atoms with E-state index in [-0.39, 0.29) is 6.03 Å². The third-order valence-corrected chi connectivity index (χ3v) is 5.29. The Morgan fingerprint density at radius 1 is 1.41 bits per heavy atom. The zero-order valence-electron chi connectivity index (χ0n) is 13.9. The molecular weight excluding hydrogens is 278 g/mol. The minimum Gasteiger partial charge on any atom is -0.465 e. The molecule has 1 saturated carbocycles. The minimum atomic E-state index is 0.0210. The molecule has 2 fully saturated rings. The lowest BCUT2D eigenvalue weighted by molar-refractivity contribution is 0.146. The van der Waals surface area contributed by atoms with Gasteiger partial charge in [0, 0.05) is 20.6 Å². The van der Waals surface area contributed by atoms with E-state index in [0.29, 0.717) is 11.3 Å². The van der Waals surface area contributed by atoms with Gasteiger partial charge < -0.3 is 14.6 Å². The van der Waals surface area contributed by atoms with Crippen molar-refractivity contribution in [3.63, 3.8) is 0 Å². The Morgan fingerprint density at radius 3 is 2.73 bits per heavy atom. The van der Waals surface area contributed by atoms with Crippen molar-refractivity contribution in [3.05, 3.63) is 23.7 Å². The third kappa shape index (κ3) is 3.29. The van der Waals surface area contributed by atoms with Crippen LogP contribution in [-0.4, -0.2) is 49.6 Å². The van der Waals surface area contributed by atoms with Crippen LogP contribution in [0.3, 0.4) is 0 Å². The normalized spacial score (nSPS) is 23.5. The molecule has 0 aromatic carbocycles. The lowest BCUT2D eigenvalue weighted by Crippen LogP contribution is -2.38. The highest BCUT2D eigenvalue weighted by Gasteiger charge is 2.54. The van der Waals surface area contributed by atoms with Gasteiger partial charge in [0.25, 0.3) is 0 Å². The van der Waals surface area contributed by atoms with E-state index in [0.717, 1.165) is 37.7 Å². The topological polar surface area (TPSA) is 48.7 Å². The Labute approximate surface area is 132 Å². The maximum Gasteiger partial charge on any atom is 0.316 e. The molecule has 2 aliphatic rings. The van der Waals surface area contributed by atoms with E-state index in [1.807, 2.05) is 13.0 Å². The number of urea groups is 1. The zero-order valence-corrected chi connectivity index (χ0v) is 13.9. The number of carbonyl (C=O) groups excluding carboxylic acids is 1. The predicted octanol–water partition coefficient (Wildman–Crippen LogP) is 2.46. The van der Waals surface area contributed by atoms with Crippen molar-refractivity contribution in [3.8, 4) is 0 Å². The number of piperidine rings is 1. The van der Waals surface area contributed by atoms with Gasteiger partial charge in [0.1, 0.15) is 11.5 Å². The van der Waals surface area contributed by atoms with Crippen LogP contribution in [0.4, 0.5) is 4.79 Å². The third-order valence-electron chi connectivity index (χ3n) is 5.29. The molecule has 5 nitrogen and oxygen atoms in total. The van der Waals surface area contributed by atoms with Gasteiger partial charge in [0.15, 0.2) is 0 Å². The Balaban J connectivity index is 1.42. The molecule has 1 N–H and O–H groups in total. The first-order chi connectivity index (χ1) is 10.5. The molecule has 2 heterocycles. The number of furan rings is 1. The van der Waals surface area contributed by atoms with Crippen LogP contribution in [-0.2, 0) is 6.54 Å². The molecule has 1 spiro atoms. The van der Waals surface area contributed by atoms with Crippen molar-refractivity contribution in [2.45, 2.75) is 32.7 Å². The molecule has 5 heteroatoms. The molecule has 1 saturated heterocycles. The molecule has 1 aromatic heterocycles. The fourth-order valence-corrected chi connectivity index (χ4v) is 3.65. The second kappa shape index (κ2) is 5.95. The number of rotatable bonds is 4. The second-order valence-electron chi connectivity index (χ2n) is 7.13. The first kappa shape index (κ1) is 15.4. The van der Waals surface area contributed by atoms with Crippen molar-refractivity contribution in [2.24, 2.45) is 11.3 Å². The van der Waals surface area contributed by atoms with Gasteiger partial charge in [-0.15, -0.1) is 0 Å². The summed E-state index contributed by atoms with van der Waals surface area (Å²) >= 11 is 0. The monoisotopic (exact) mass is 305 g/mol. The molecular formula is C17H27N3O2. The van der Waals surface area contributed by atoms with E-state index < -0.39 is 0 Å².